The first-order valence-corrected chi connectivity index (χ1v) is 8.19. The molecule has 1 saturated carbocycles. The van der Waals surface area contributed by atoms with Gasteiger partial charge in [-0.2, -0.15) is 15.3 Å². The summed E-state index contributed by atoms with van der Waals surface area (Å²) in [5, 5.41) is 30.1. The van der Waals surface area contributed by atoms with Crippen LogP contribution in [0.5, 0.6) is 0 Å². The van der Waals surface area contributed by atoms with E-state index in [0.717, 1.165) is 28.1 Å². The van der Waals surface area contributed by atoms with Crippen molar-refractivity contribution >= 4 is 33.9 Å². The number of aromatic amines is 2. The second-order valence-electron chi connectivity index (χ2n) is 6.23. The summed E-state index contributed by atoms with van der Waals surface area (Å²) >= 11 is 0. The second-order valence-corrected chi connectivity index (χ2v) is 6.23. The SMILES string of the molecule is c1cc2cn[nH]c2cc1Nc1cc(Nc2cc(C3CC3)[nH]n2)cnn1. The highest BCUT2D eigenvalue weighted by Crippen LogP contribution is 2.39. The molecule has 8 heteroatoms. The fourth-order valence-corrected chi connectivity index (χ4v) is 2.81. The molecule has 0 amide bonds. The molecular formula is C17H16N8. The third-order valence-electron chi connectivity index (χ3n) is 4.26. The lowest BCUT2D eigenvalue weighted by Crippen LogP contribution is -1.98. The molecule has 0 saturated heterocycles. The lowest BCUT2D eigenvalue weighted by Gasteiger charge is -2.07. The maximum Gasteiger partial charge on any atom is 0.155 e. The van der Waals surface area contributed by atoms with Crippen molar-refractivity contribution in [3.8, 4) is 0 Å². The Labute approximate surface area is 143 Å². The van der Waals surface area contributed by atoms with Crippen LogP contribution >= 0.6 is 0 Å². The Hall–Kier alpha value is -3.42. The minimum absolute atomic E-state index is 0.647. The fraction of sp³-hybridized carbons (Fsp3) is 0.176. The van der Waals surface area contributed by atoms with E-state index in [1.807, 2.05) is 24.3 Å². The van der Waals surface area contributed by atoms with Gasteiger partial charge in [0.25, 0.3) is 0 Å². The maximum absolute atomic E-state index is 4.30. The summed E-state index contributed by atoms with van der Waals surface area (Å²) in [5.41, 5.74) is 3.90. The highest BCUT2D eigenvalue weighted by molar-refractivity contribution is 5.82. The minimum Gasteiger partial charge on any atom is -0.339 e. The molecule has 124 valence electrons. The van der Waals surface area contributed by atoms with E-state index in [9.17, 15) is 0 Å². The molecule has 0 radical (unpaired) electrons. The van der Waals surface area contributed by atoms with Gasteiger partial charge in [0, 0.05) is 34.8 Å². The molecule has 1 aliphatic rings. The largest absolute Gasteiger partial charge is 0.339 e. The van der Waals surface area contributed by atoms with E-state index in [2.05, 4.69) is 47.3 Å². The zero-order valence-corrected chi connectivity index (χ0v) is 13.3. The number of nitrogens with zero attached hydrogens (tertiary/aromatic N) is 4. The molecule has 3 heterocycles. The summed E-state index contributed by atoms with van der Waals surface area (Å²) in [7, 11) is 0. The lowest BCUT2D eigenvalue weighted by molar-refractivity contribution is 0.966. The highest BCUT2D eigenvalue weighted by atomic mass is 15.2. The molecule has 1 aromatic carbocycles. The van der Waals surface area contributed by atoms with Crippen molar-refractivity contribution in [1.82, 2.24) is 30.6 Å². The minimum atomic E-state index is 0.647. The van der Waals surface area contributed by atoms with Crippen LogP contribution in [0.15, 0.2) is 42.7 Å². The van der Waals surface area contributed by atoms with Crippen LogP contribution in [0.4, 0.5) is 23.0 Å². The van der Waals surface area contributed by atoms with E-state index in [-0.39, 0.29) is 0 Å². The van der Waals surface area contributed by atoms with Crippen LogP contribution in [0, 0.1) is 0 Å². The maximum atomic E-state index is 4.30. The van der Waals surface area contributed by atoms with Gasteiger partial charge < -0.3 is 10.6 Å². The van der Waals surface area contributed by atoms with Gasteiger partial charge in [-0.3, -0.25) is 10.2 Å². The molecule has 5 rings (SSSR count). The molecule has 4 aromatic rings. The van der Waals surface area contributed by atoms with E-state index in [0.29, 0.717) is 11.7 Å². The number of rotatable bonds is 5. The number of H-pyrrole nitrogens is 2. The Morgan fingerprint density at radius 1 is 0.920 bits per heavy atom. The van der Waals surface area contributed by atoms with Crippen molar-refractivity contribution in [2.45, 2.75) is 18.8 Å². The van der Waals surface area contributed by atoms with Gasteiger partial charge in [0.05, 0.1) is 23.6 Å². The Kier molecular flexibility index (Phi) is 3.12. The van der Waals surface area contributed by atoms with Crippen LogP contribution < -0.4 is 10.6 Å². The van der Waals surface area contributed by atoms with Gasteiger partial charge in [0.1, 0.15) is 0 Å². The van der Waals surface area contributed by atoms with Gasteiger partial charge in [-0.05, 0) is 31.0 Å². The van der Waals surface area contributed by atoms with Crippen LogP contribution in [-0.2, 0) is 0 Å². The molecule has 8 nitrogen and oxygen atoms in total. The number of aromatic nitrogens is 6. The van der Waals surface area contributed by atoms with Crippen LogP contribution in [0.1, 0.15) is 24.5 Å². The van der Waals surface area contributed by atoms with Gasteiger partial charge >= 0.3 is 0 Å². The first-order chi connectivity index (χ1) is 12.3. The summed E-state index contributed by atoms with van der Waals surface area (Å²) in [6.07, 6.45) is 5.96. The lowest BCUT2D eigenvalue weighted by atomic mass is 10.2. The third-order valence-corrected chi connectivity index (χ3v) is 4.26. The zero-order valence-electron chi connectivity index (χ0n) is 13.3. The number of nitrogens with one attached hydrogen (secondary N) is 4. The predicted octanol–water partition coefficient (Wildman–Crippen LogP) is 3.44. The molecule has 0 unspecified atom stereocenters. The van der Waals surface area contributed by atoms with Gasteiger partial charge in [0.2, 0.25) is 0 Å². The van der Waals surface area contributed by atoms with Crippen molar-refractivity contribution < 1.29 is 0 Å². The van der Waals surface area contributed by atoms with Gasteiger partial charge in [-0.25, -0.2) is 0 Å². The summed E-state index contributed by atoms with van der Waals surface area (Å²) in [6.45, 7) is 0. The van der Waals surface area contributed by atoms with E-state index in [1.54, 1.807) is 12.4 Å². The molecular weight excluding hydrogens is 316 g/mol. The average molecular weight is 332 g/mol. The number of fused-ring (bicyclic) bond motifs is 1. The van der Waals surface area contributed by atoms with E-state index in [4.69, 9.17) is 0 Å². The summed E-state index contributed by atoms with van der Waals surface area (Å²) in [6, 6.07) is 9.92. The molecule has 4 N–H and O–H groups in total. The molecule has 25 heavy (non-hydrogen) atoms. The molecule has 1 aliphatic carbocycles. The van der Waals surface area contributed by atoms with E-state index >= 15 is 0 Å². The monoisotopic (exact) mass is 332 g/mol. The summed E-state index contributed by atoms with van der Waals surface area (Å²) in [5.74, 6) is 2.09. The topological polar surface area (TPSA) is 107 Å². The van der Waals surface area contributed by atoms with Crippen molar-refractivity contribution in [1.29, 1.82) is 0 Å². The van der Waals surface area contributed by atoms with Crippen molar-refractivity contribution in [3.63, 3.8) is 0 Å². The molecule has 0 atom stereocenters. The highest BCUT2D eigenvalue weighted by Gasteiger charge is 2.25. The Bertz CT molecular complexity index is 1030. The number of hydrogen-bond donors (Lipinski definition) is 4. The van der Waals surface area contributed by atoms with E-state index in [1.165, 1.54) is 18.5 Å². The molecule has 3 aromatic heterocycles. The Morgan fingerprint density at radius 2 is 1.84 bits per heavy atom. The van der Waals surface area contributed by atoms with Crippen LogP contribution in [-0.4, -0.2) is 30.6 Å². The van der Waals surface area contributed by atoms with E-state index < -0.39 is 0 Å². The predicted molar refractivity (Wildman–Crippen MR) is 95.3 cm³/mol. The first kappa shape index (κ1) is 14.0. The normalized spacial score (nSPS) is 13.9. The molecule has 0 aliphatic heterocycles. The number of hydrogen-bond acceptors (Lipinski definition) is 6. The Morgan fingerprint density at radius 3 is 2.76 bits per heavy atom. The Balaban J connectivity index is 1.34. The molecule has 1 fully saturated rings. The first-order valence-electron chi connectivity index (χ1n) is 8.19. The standard InChI is InChI=1S/C17H16N8/c1-2-10(1)15-7-17(25-23-15)21-13-6-16(24-19-9-13)20-12-4-3-11-8-18-22-14(11)5-12/h3-10H,1-2H2,(H,18,22)(H3,20,21,23,24,25). The fourth-order valence-electron chi connectivity index (χ4n) is 2.81. The van der Waals surface area contributed by atoms with Gasteiger partial charge in [0.15, 0.2) is 11.6 Å². The van der Waals surface area contributed by atoms with Crippen molar-refractivity contribution in [2.75, 3.05) is 10.6 Å². The van der Waals surface area contributed by atoms with Gasteiger partial charge in [-0.15, -0.1) is 5.10 Å². The second kappa shape index (κ2) is 5.59. The van der Waals surface area contributed by atoms with Crippen LogP contribution in [0.3, 0.4) is 0 Å². The molecule has 0 bridgehead atoms. The summed E-state index contributed by atoms with van der Waals surface area (Å²) in [4.78, 5) is 0. The molecule has 0 spiro atoms. The third kappa shape index (κ3) is 2.89. The van der Waals surface area contributed by atoms with Crippen molar-refractivity contribution in [2.24, 2.45) is 0 Å². The van der Waals surface area contributed by atoms with Gasteiger partial charge in [-0.1, -0.05) is 0 Å². The quantitative estimate of drug-likeness (QED) is 0.446. The smallest absolute Gasteiger partial charge is 0.155 e. The summed E-state index contributed by atoms with van der Waals surface area (Å²) < 4.78 is 0. The average Bonchev–Trinajstić information content (AvgIpc) is 3.18. The number of anilines is 4. The van der Waals surface area contributed by atoms with Crippen LogP contribution in [0.2, 0.25) is 0 Å². The van der Waals surface area contributed by atoms with Crippen LogP contribution in [0.25, 0.3) is 10.9 Å². The number of benzene rings is 1. The van der Waals surface area contributed by atoms with Crippen molar-refractivity contribution in [3.05, 3.63) is 48.4 Å². The zero-order chi connectivity index (χ0) is 16.6.